The molecule has 0 unspecified atom stereocenters. The number of nitrogens with zero attached hydrogens (tertiary/aromatic N) is 3. The SMILES string of the molecule is CC(=O)N(Nc1ccccc1)c1ccc(-c2ccc(N=Nc3ccccc3)cc2)cc1. The topological polar surface area (TPSA) is 57.1 Å². The van der Waals surface area contributed by atoms with E-state index in [9.17, 15) is 4.79 Å². The molecule has 1 N–H and O–H groups in total. The number of nitrogens with one attached hydrogen (secondary N) is 1. The normalized spacial score (nSPS) is 10.7. The van der Waals surface area contributed by atoms with Crippen LogP contribution in [0.25, 0.3) is 11.1 Å². The molecule has 4 rings (SSSR count). The summed E-state index contributed by atoms with van der Waals surface area (Å²) in [7, 11) is 0. The van der Waals surface area contributed by atoms with E-state index < -0.39 is 0 Å². The quantitative estimate of drug-likeness (QED) is 0.273. The summed E-state index contributed by atoms with van der Waals surface area (Å²) in [5.74, 6) is -0.0928. The lowest BCUT2D eigenvalue weighted by Gasteiger charge is -2.23. The number of amides is 1. The van der Waals surface area contributed by atoms with Crippen LogP contribution in [-0.4, -0.2) is 5.91 Å². The number of benzene rings is 4. The molecule has 0 radical (unpaired) electrons. The second-order valence-corrected chi connectivity index (χ2v) is 6.96. The van der Waals surface area contributed by atoms with E-state index in [1.165, 1.54) is 11.9 Å². The first-order valence-electron chi connectivity index (χ1n) is 9.99. The Balaban J connectivity index is 1.48. The fraction of sp³-hybridized carbons (Fsp3) is 0.0385. The van der Waals surface area contributed by atoms with Gasteiger partial charge in [-0.2, -0.15) is 10.2 Å². The van der Waals surface area contributed by atoms with E-state index in [1.54, 1.807) is 0 Å². The molecule has 0 atom stereocenters. The van der Waals surface area contributed by atoms with Gasteiger partial charge in [0.05, 0.1) is 22.7 Å². The van der Waals surface area contributed by atoms with Crippen molar-refractivity contribution in [1.29, 1.82) is 0 Å². The smallest absolute Gasteiger partial charge is 0.242 e. The summed E-state index contributed by atoms with van der Waals surface area (Å²) in [4.78, 5) is 12.1. The van der Waals surface area contributed by atoms with Crippen LogP contribution in [0.4, 0.5) is 22.7 Å². The number of para-hydroxylation sites is 1. The molecule has 1 amide bonds. The average Bonchev–Trinajstić information content (AvgIpc) is 2.83. The Morgan fingerprint density at radius 2 is 1.13 bits per heavy atom. The van der Waals surface area contributed by atoms with Crippen LogP contribution in [0.5, 0.6) is 0 Å². The summed E-state index contributed by atoms with van der Waals surface area (Å²) in [6.45, 7) is 1.53. The fourth-order valence-electron chi connectivity index (χ4n) is 3.10. The second-order valence-electron chi connectivity index (χ2n) is 6.96. The van der Waals surface area contributed by atoms with Crippen molar-refractivity contribution >= 4 is 28.7 Å². The number of rotatable bonds is 6. The molecule has 0 bridgehead atoms. The van der Waals surface area contributed by atoms with Crippen molar-refractivity contribution < 1.29 is 4.79 Å². The van der Waals surface area contributed by atoms with E-state index in [1.807, 2.05) is 109 Å². The summed E-state index contributed by atoms with van der Waals surface area (Å²) < 4.78 is 0. The minimum absolute atomic E-state index is 0.0928. The molecule has 0 saturated carbocycles. The highest BCUT2D eigenvalue weighted by atomic mass is 16.2. The predicted molar refractivity (Wildman–Crippen MR) is 126 cm³/mol. The summed E-state index contributed by atoms with van der Waals surface area (Å²) in [5, 5.41) is 10.1. The van der Waals surface area contributed by atoms with Gasteiger partial charge >= 0.3 is 0 Å². The summed E-state index contributed by atoms with van der Waals surface area (Å²) >= 11 is 0. The maximum absolute atomic E-state index is 12.1. The van der Waals surface area contributed by atoms with Crippen molar-refractivity contribution in [2.24, 2.45) is 10.2 Å². The molecule has 0 saturated heterocycles. The number of anilines is 2. The van der Waals surface area contributed by atoms with Crippen LogP contribution < -0.4 is 10.4 Å². The molecule has 0 aromatic heterocycles. The predicted octanol–water partition coefficient (Wildman–Crippen LogP) is 7.15. The summed E-state index contributed by atoms with van der Waals surface area (Å²) in [6, 6.07) is 35.0. The first-order chi connectivity index (χ1) is 15.2. The largest absolute Gasteiger partial charge is 0.291 e. The number of hydrogen-bond donors (Lipinski definition) is 1. The maximum Gasteiger partial charge on any atom is 0.242 e. The van der Waals surface area contributed by atoms with Gasteiger partial charge in [0, 0.05) is 6.92 Å². The van der Waals surface area contributed by atoms with Gasteiger partial charge in [-0.15, -0.1) is 0 Å². The summed E-state index contributed by atoms with van der Waals surface area (Å²) in [5.41, 5.74) is 8.50. The van der Waals surface area contributed by atoms with Gasteiger partial charge in [0.25, 0.3) is 0 Å². The van der Waals surface area contributed by atoms with Crippen molar-refractivity contribution in [3.63, 3.8) is 0 Å². The number of hydrazine groups is 1. The first kappa shape index (κ1) is 20.0. The van der Waals surface area contributed by atoms with Crippen molar-refractivity contribution in [3.05, 3.63) is 109 Å². The molecule has 0 aliphatic heterocycles. The van der Waals surface area contributed by atoms with Gasteiger partial charge in [0.15, 0.2) is 0 Å². The van der Waals surface area contributed by atoms with Crippen LogP contribution in [0.3, 0.4) is 0 Å². The van der Waals surface area contributed by atoms with E-state index in [4.69, 9.17) is 0 Å². The van der Waals surface area contributed by atoms with Crippen LogP contribution >= 0.6 is 0 Å². The minimum atomic E-state index is -0.0928. The van der Waals surface area contributed by atoms with Gasteiger partial charge in [-0.1, -0.05) is 60.7 Å². The highest BCUT2D eigenvalue weighted by molar-refractivity contribution is 5.93. The Morgan fingerprint density at radius 1 is 0.645 bits per heavy atom. The molecule has 0 heterocycles. The fourth-order valence-corrected chi connectivity index (χ4v) is 3.10. The third-order valence-corrected chi connectivity index (χ3v) is 4.69. The Hall–Kier alpha value is -4.25. The number of carbonyl (C=O) groups is 1. The molecular weight excluding hydrogens is 384 g/mol. The Kier molecular flexibility index (Phi) is 6.14. The Labute approximate surface area is 181 Å². The molecule has 0 aliphatic rings. The Bertz CT molecular complexity index is 1160. The molecule has 0 fully saturated rings. The van der Waals surface area contributed by atoms with Gasteiger partial charge in [0.1, 0.15) is 0 Å². The van der Waals surface area contributed by atoms with Crippen LogP contribution in [0, 0.1) is 0 Å². The van der Waals surface area contributed by atoms with Gasteiger partial charge in [-0.05, 0) is 59.7 Å². The molecular formula is C26H22N4O. The average molecular weight is 406 g/mol. The first-order valence-corrected chi connectivity index (χ1v) is 9.99. The molecule has 5 heteroatoms. The van der Waals surface area contributed by atoms with Gasteiger partial charge in [0.2, 0.25) is 5.91 Å². The zero-order valence-electron chi connectivity index (χ0n) is 17.1. The second kappa shape index (κ2) is 9.50. The lowest BCUT2D eigenvalue weighted by atomic mass is 10.1. The van der Waals surface area contributed by atoms with Crippen molar-refractivity contribution in [2.45, 2.75) is 6.92 Å². The third-order valence-electron chi connectivity index (χ3n) is 4.69. The summed E-state index contributed by atoms with van der Waals surface area (Å²) in [6.07, 6.45) is 0. The molecule has 4 aromatic rings. The molecule has 5 nitrogen and oxygen atoms in total. The lowest BCUT2D eigenvalue weighted by molar-refractivity contribution is -0.116. The van der Waals surface area contributed by atoms with Gasteiger partial charge in [-0.3, -0.25) is 10.2 Å². The van der Waals surface area contributed by atoms with E-state index in [0.29, 0.717) is 0 Å². The molecule has 0 aliphatic carbocycles. The van der Waals surface area contributed by atoms with Crippen molar-refractivity contribution in [3.8, 4) is 11.1 Å². The number of hydrogen-bond acceptors (Lipinski definition) is 4. The third kappa shape index (κ3) is 5.22. The van der Waals surface area contributed by atoms with Gasteiger partial charge in [-0.25, -0.2) is 5.01 Å². The van der Waals surface area contributed by atoms with E-state index in [2.05, 4.69) is 15.7 Å². The van der Waals surface area contributed by atoms with Crippen LogP contribution in [0.2, 0.25) is 0 Å². The highest BCUT2D eigenvalue weighted by Gasteiger charge is 2.11. The van der Waals surface area contributed by atoms with Crippen LogP contribution in [-0.2, 0) is 4.79 Å². The van der Waals surface area contributed by atoms with E-state index in [0.717, 1.165) is 33.9 Å². The standard InChI is InChI=1S/C26H22N4O/c1-20(31)30(29-25-10-6-3-7-11-25)26-18-14-22(15-19-26)21-12-16-24(17-13-21)28-27-23-8-4-2-5-9-23/h2-19,29H,1H3. The van der Waals surface area contributed by atoms with Gasteiger partial charge < -0.3 is 0 Å². The molecule has 4 aromatic carbocycles. The Morgan fingerprint density at radius 3 is 1.68 bits per heavy atom. The van der Waals surface area contributed by atoms with Crippen molar-refractivity contribution in [2.75, 3.05) is 10.4 Å². The van der Waals surface area contributed by atoms with E-state index in [-0.39, 0.29) is 5.91 Å². The number of azo groups is 1. The lowest BCUT2D eigenvalue weighted by Crippen LogP contribution is -2.34. The minimum Gasteiger partial charge on any atom is -0.291 e. The van der Waals surface area contributed by atoms with Crippen LogP contribution in [0.1, 0.15) is 6.92 Å². The van der Waals surface area contributed by atoms with Crippen molar-refractivity contribution in [1.82, 2.24) is 0 Å². The molecule has 152 valence electrons. The van der Waals surface area contributed by atoms with Crippen LogP contribution in [0.15, 0.2) is 119 Å². The zero-order valence-corrected chi connectivity index (χ0v) is 17.1. The molecule has 0 spiro atoms. The zero-order chi connectivity index (χ0) is 21.5. The highest BCUT2D eigenvalue weighted by Crippen LogP contribution is 2.26. The number of carbonyl (C=O) groups excluding carboxylic acids is 1. The maximum atomic E-state index is 12.1. The monoisotopic (exact) mass is 406 g/mol. The molecule has 31 heavy (non-hydrogen) atoms. The van der Waals surface area contributed by atoms with E-state index >= 15 is 0 Å².